The smallest absolute Gasteiger partial charge is 0.463 e. The van der Waals surface area contributed by atoms with Crippen molar-refractivity contribution >= 4 is 33.6 Å². The molecule has 0 aliphatic rings. The third-order valence-corrected chi connectivity index (χ3v) is 19.1. The summed E-state index contributed by atoms with van der Waals surface area (Å²) in [4.78, 5) is 58.8. The summed E-state index contributed by atoms with van der Waals surface area (Å²) in [6, 6.07) is 0. The number of carbonyl (C=O) groups excluding carboxylic acids is 3. The highest BCUT2D eigenvalue weighted by atomic mass is 31.2. The highest BCUT2D eigenvalue weighted by Gasteiger charge is 2.29. The number of aliphatic hydroxyl groups excluding tert-OH is 2. The maximum Gasteiger partial charge on any atom is 0.472 e. The van der Waals surface area contributed by atoms with Gasteiger partial charge in [-0.15, -0.1) is 0 Å². The molecule has 107 heavy (non-hydrogen) atoms. The van der Waals surface area contributed by atoms with Crippen molar-refractivity contribution in [2.24, 2.45) is 0 Å². The Kier molecular flexibility index (Phi) is 77.0. The average Bonchev–Trinajstić information content (AvgIpc) is 0.939. The fraction of sp³-hybridized carbons (Fsp3) is 0.674. The Morgan fingerprint density at radius 1 is 0.271 bits per heavy atom. The van der Waals surface area contributed by atoms with Crippen LogP contribution in [0.15, 0.2) is 158 Å². The van der Waals surface area contributed by atoms with E-state index in [0.717, 1.165) is 161 Å². The minimum absolute atomic E-state index is 0.0577. The summed E-state index contributed by atoms with van der Waals surface area (Å²) in [5, 5.41) is 20.7. The van der Waals surface area contributed by atoms with Crippen molar-refractivity contribution in [3.8, 4) is 0 Å². The first-order valence-electron chi connectivity index (χ1n) is 41.8. The fourth-order valence-electron chi connectivity index (χ4n) is 10.9. The number of ether oxygens (including phenoxy) is 3. The second kappa shape index (κ2) is 80.7. The van der Waals surface area contributed by atoms with Crippen molar-refractivity contribution < 1.29 is 75.8 Å². The molecule has 0 spiro atoms. The van der Waals surface area contributed by atoms with Crippen LogP contribution < -0.4 is 0 Å². The van der Waals surface area contributed by atoms with Crippen molar-refractivity contribution in [2.75, 3.05) is 39.6 Å². The molecule has 16 nitrogen and oxygen atoms in total. The number of phosphoric ester groups is 2. The first kappa shape index (κ1) is 102. The predicted octanol–water partition coefficient (Wildman–Crippen LogP) is 25.0. The van der Waals surface area contributed by atoms with Crippen molar-refractivity contribution in [2.45, 2.75) is 347 Å². The van der Waals surface area contributed by atoms with E-state index in [4.69, 9.17) is 32.3 Å². The van der Waals surface area contributed by atoms with Crippen LogP contribution in [0.4, 0.5) is 0 Å². The summed E-state index contributed by atoms with van der Waals surface area (Å²) in [6.45, 7) is 2.47. The van der Waals surface area contributed by atoms with Crippen molar-refractivity contribution in [1.82, 2.24) is 0 Å². The highest BCUT2D eigenvalue weighted by molar-refractivity contribution is 7.47. The van der Waals surface area contributed by atoms with Gasteiger partial charge in [-0.05, 0) is 154 Å². The van der Waals surface area contributed by atoms with Gasteiger partial charge < -0.3 is 34.2 Å². The molecule has 0 aromatic rings. The van der Waals surface area contributed by atoms with Crippen LogP contribution in [0.3, 0.4) is 0 Å². The van der Waals surface area contributed by atoms with E-state index in [9.17, 15) is 43.5 Å². The van der Waals surface area contributed by atoms with Crippen LogP contribution in [0.1, 0.15) is 329 Å². The maximum absolute atomic E-state index is 13.0. The van der Waals surface area contributed by atoms with E-state index >= 15 is 0 Å². The zero-order valence-electron chi connectivity index (χ0n) is 67.0. The monoisotopic (exact) mass is 1540 g/mol. The molecule has 612 valence electrons. The van der Waals surface area contributed by atoms with Gasteiger partial charge in [0, 0.05) is 19.3 Å². The number of hydrogen-bond acceptors (Lipinski definition) is 14. The SMILES string of the molecule is CC/C=C\C/C=C\C/C=C\C/C=C\C/C=C\CCCCCC(=O)OC(COC(=O)CCCCCCCCC/C=C\C/C=C\C/C=C\C/C=C\CCCCC)COP(=O)(O)OCC(O)COP(=O)(O)OCC(O)COC(=O)CCCCCCCCCCCCCCC/C=C\C/C=C\C/C=C\C/C=C\CCCCC. The van der Waals surface area contributed by atoms with E-state index in [1.165, 1.54) is 109 Å². The number of esters is 3. The fourth-order valence-corrected chi connectivity index (χ4v) is 12.4. The van der Waals surface area contributed by atoms with Crippen LogP contribution in [0.25, 0.3) is 0 Å². The Hall–Kier alpha value is -4.83. The van der Waals surface area contributed by atoms with Gasteiger partial charge in [0.15, 0.2) is 6.10 Å². The summed E-state index contributed by atoms with van der Waals surface area (Å²) in [5.41, 5.74) is 0. The summed E-state index contributed by atoms with van der Waals surface area (Å²) in [6.07, 6.45) is 101. The summed E-state index contributed by atoms with van der Waals surface area (Å²) in [7, 11) is -9.82. The van der Waals surface area contributed by atoms with Gasteiger partial charge in [-0.1, -0.05) is 314 Å². The van der Waals surface area contributed by atoms with Crippen LogP contribution >= 0.6 is 15.6 Å². The van der Waals surface area contributed by atoms with Crippen molar-refractivity contribution in [3.63, 3.8) is 0 Å². The number of aliphatic hydroxyl groups is 2. The van der Waals surface area contributed by atoms with Crippen LogP contribution in [0, 0.1) is 0 Å². The normalized spacial score (nSPS) is 14.7. The largest absolute Gasteiger partial charge is 0.472 e. The average molecular weight is 1540 g/mol. The van der Waals surface area contributed by atoms with Crippen LogP contribution in [-0.2, 0) is 55.8 Å². The van der Waals surface area contributed by atoms with Gasteiger partial charge in [0.25, 0.3) is 0 Å². The summed E-state index contributed by atoms with van der Waals surface area (Å²) in [5.74, 6) is -1.63. The van der Waals surface area contributed by atoms with Gasteiger partial charge in [0.1, 0.15) is 25.4 Å². The Balaban J connectivity index is 4.63. The lowest BCUT2D eigenvalue weighted by atomic mass is 10.0. The Morgan fingerprint density at radius 2 is 0.495 bits per heavy atom. The standard InChI is InChI=1S/C89H150O16P2/c1-4-7-10-13-16-19-22-25-28-31-34-36-38-39-40-41-42-43-45-47-49-51-54-57-60-63-66-69-72-75-87(92)99-78-84(90)79-101-106(95,96)102-80-85(91)81-103-107(97,98)104-83-86(105-89(94)77-74-71-68-65-62-59-56-53-48-33-30-27-24-21-18-15-12-9-6-3)82-100-88(93)76-73-70-67-64-61-58-55-52-50-46-44-37-35-32-29-26-23-20-17-14-11-8-5-2/h9,12,16-21,25-30,34-37,39-40,46,48,50,53,59,62,84-86,90-91H,4-8,10-11,13-15,22-24,31-33,38,41-45,47,49,51-52,54-58,60-61,63-83H2,1-3H3,(H,95,96)(H,97,98)/b12-9-,19-16-,20-17-,21-18-,28-25-,29-26-,30-27-,36-34-,37-35-,40-39-,50-46-,53-48-,62-59-. The van der Waals surface area contributed by atoms with Crippen LogP contribution in [0.5, 0.6) is 0 Å². The van der Waals surface area contributed by atoms with Gasteiger partial charge in [-0.3, -0.25) is 32.5 Å². The van der Waals surface area contributed by atoms with Crippen molar-refractivity contribution in [3.05, 3.63) is 158 Å². The van der Waals surface area contributed by atoms with E-state index in [1.54, 1.807) is 0 Å². The first-order chi connectivity index (χ1) is 52.2. The molecular formula is C89H150O16P2. The first-order valence-corrected chi connectivity index (χ1v) is 44.8. The topological polar surface area (TPSA) is 231 Å². The van der Waals surface area contributed by atoms with E-state index in [2.05, 4.69) is 179 Å². The van der Waals surface area contributed by atoms with E-state index in [1.807, 2.05) is 0 Å². The Morgan fingerprint density at radius 3 is 0.794 bits per heavy atom. The van der Waals surface area contributed by atoms with Gasteiger partial charge >= 0.3 is 33.6 Å². The molecule has 0 radical (unpaired) electrons. The van der Waals surface area contributed by atoms with Gasteiger partial charge in [0.05, 0.1) is 26.4 Å². The molecule has 0 heterocycles. The van der Waals surface area contributed by atoms with Crippen molar-refractivity contribution in [1.29, 1.82) is 0 Å². The lowest BCUT2D eigenvalue weighted by Gasteiger charge is -2.21. The number of carbonyl (C=O) groups is 3. The van der Waals surface area contributed by atoms with Gasteiger partial charge in [0.2, 0.25) is 0 Å². The summed E-state index contributed by atoms with van der Waals surface area (Å²) >= 11 is 0. The predicted molar refractivity (Wildman–Crippen MR) is 445 cm³/mol. The second-order valence-electron chi connectivity index (χ2n) is 27.5. The molecule has 0 rings (SSSR count). The molecule has 0 saturated heterocycles. The quantitative estimate of drug-likeness (QED) is 0.0146. The van der Waals surface area contributed by atoms with Crippen LogP contribution in [-0.4, -0.2) is 95.9 Å². The Bertz CT molecular complexity index is 2580. The molecular weight excluding hydrogens is 1390 g/mol. The zero-order valence-corrected chi connectivity index (χ0v) is 68.8. The lowest BCUT2D eigenvalue weighted by Crippen LogP contribution is -2.30. The van der Waals surface area contributed by atoms with Crippen LogP contribution in [0.2, 0.25) is 0 Å². The number of hydrogen-bond donors (Lipinski definition) is 4. The second-order valence-corrected chi connectivity index (χ2v) is 30.4. The molecule has 0 fully saturated rings. The number of unbranched alkanes of at least 4 members (excludes halogenated alkanes) is 29. The van der Waals surface area contributed by atoms with E-state index in [0.29, 0.717) is 19.3 Å². The molecule has 0 aromatic heterocycles. The number of phosphoric acid groups is 2. The third-order valence-electron chi connectivity index (χ3n) is 17.2. The maximum atomic E-state index is 13.0. The minimum atomic E-state index is -4.95. The molecule has 0 aliphatic carbocycles. The highest BCUT2D eigenvalue weighted by Crippen LogP contribution is 2.45. The molecule has 0 saturated carbocycles. The Labute approximate surface area is 650 Å². The third kappa shape index (κ3) is 82.0. The molecule has 0 bridgehead atoms. The molecule has 0 amide bonds. The minimum Gasteiger partial charge on any atom is -0.463 e. The molecule has 5 unspecified atom stereocenters. The van der Waals surface area contributed by atoms with Gasteiger partial charge in [-0.25, -0.2) is 9.13 Å². The van der Waals surface area contributed by atoms with E-state index < -0.39 is 91.5 Å². The molecule has 4 N–H and O–H groups in total. The lowest BCUT2D eigenvalue weighted by molar-refractivity contribution is -0.161. The molecule has 18 heteroatoms. The zero-order chi connectivity index (χ0) is 78.0. The molecule has 0 aliphatic heterocycles. The molecule has 0 aromatic carbocycles. The van der Waals surface area contributed by atoms with Gasteiger partial charge in [-0.2, -0.15) is 0 Å². The molecule has 5 atom stereocenters. The summed E-state index contributed by atoms with van der Waals surface area (Å²) < 4.78 is 61.2. The number of allylic oxidation sites excluding steroid dienone is 26. The van der Waals surface area contributed by atoms with E-state index in [-0.39, 0.29) is 19.3 Å². The number of rotatable bonds is 78.